The van der Waals surface area contributed by atoms with Crippen molar-refractivity contribution in [2.75, 3.05) is 12.3 Å². The number of esters is 1. The Morgan fingerprint density at radius 1 is 1.79 bits per heavy atom. The third kappa shape index (κ3) is 2.27. The van der Waals surface area contributed by atoms with Crippen LogP contribution in [-0.4, -0.2) is 12.6 Å². The van der Waals surface area contributed by atoms with Gasteiger partial charge in [-0.3, -0.25) is 0 Å². The predicted octanol–water partition coefficient (Wildman–Crippen LogP) is 1.68. The molecule has 0 spiro atoms. The summed E-state index contributed by atoms with van der Waals surface area (Å²) in [6.07, 6.45) is 5.83. The van der Waals surface area contributed by atoms with E-state index in [4.69, 9.17) is 16.9 Å². The fraction of sp³-hybridized carbons (Fsp3) is 0.300. The van der Waals surface area contributed by atoms with Gasteiger partial charge in [0.2, 0.25) is 0 Å². The van der Waals surface area contributed by atoms with Gasteiger partial charge in [-0.05, 0) is 12.5 Å². The molecule has 0 aromatic carbocycles. The van der Waals surface area contributed by atoms with Gasteiger partial charge in [0.05, 0.1) is 5.56 Å². The first-order chi connectivity index (χ1) is 6.69. The zero-order valence-electron chi connectivity index (χ0n) is 7.87. The predicted molar refractivity (Wildman–Crippen MR) is 57.2 cm³/mol. The van der Waals surface area contributed by atoms with E-state index in [1.807, 2.05) is 6.92 Å². The second-order valence-electron chi connectivity index (χ2n) is 2.62. The summed E-state index contributed by atoms with van der Waals surface area (Å²) in [7, 11) is 0. The number of rotatable bonds is 3. The molecule has 0 fully saturated rings. The Bertz CT molecular complexity index is 376. The first kappa shape index (κ1) is 10.6. The lowest BCUT2D eigenvalue weighted by atomic mass is 10.2. The maximum absolute atomic E-state index is 11.4. The summed E-state index contributed by atoms with van der Waals surface area (Å²) >= 11 is 1.40. The lowest BCUT2D eigenvalue weighted by Gasteiger charge is -1.98. The number of nitrogen functional groups attached to an aromatic ring is 1. The molecule has 3 nitrogen and oxygen atoms in total. The number of terminal acetylenes is 1. The monoisotopic (exact) mass is 209 g/mol. The van der Waals surface area contributed by atoms with E-state index in [2.05, 4.69) is 5.92 Å². The molecule has 1 rings (SSSR count). The van der Waals surface area contributed by atoms with Crippen LogP contribution in [0.2, 0.25) is 0 Å². The van der Waals surface area contributed by atoms with Crippen LogP contribution in [0.3, 0.4) is 0 Å². The molecule has 1 aromatic rings. The Balaban J connectivity index is 2.79. The second-order valence-corrected chi connectivity index (χ2v) is 3.79. The Kier molecular flexibility index (Phi) is 3.55. The van der Waals surface area contributed by atoms with Gasteiger partial charge in [-0.1, -0.05) is 12.8 Å². The Morgan fingerprint density at radius 2 is 2.50 bits per heavy atom. The van der Waals surface area contributed by atoms with Gasteiger partial charge in [0.25, 0.3) is 0 Å². The van der Waals surface area contributed by atoms with Crippen LogP contribution in [-0.2, 0) is 11.2 Å². The molecule has 0 aliphatic carbocycles. The number of carbonyl (C=O) groups is 1. The summed E-state index contributed by atoms with van der Waals surface area (Å²) in [6, 6.07) is 1.75. The van der Waals surface area contributed by atoms with E-state index in [-0.39, 0.29) is 6.61 Å². The molecule has 0 atom stereocenters. The van der Waals surface area contributed by atoms with Crippen molar-refractivity contribution in [2.24, 2.45) is 0 Å². The lowest BCUT2D eigenvalue weighted by molar-refractivity contribution is 0.0558. The summed E-state index contributed by atoms with van der Waals surface area (Å²) in [5.41, 5.74) is 6.07. The van der Waals surface area contributed by atoms with Crippen molar-refractivity contribution in [3.63, 3.8) is 0 Å². The summed E-state index contributed by atoms with van der Waals surface area (Å²) in [6.45, 7) is 1.98. The van der Waals surface area contributed by atoms with Crippen LogP contribution in [0.4, 0.5) is 5.00 Å². The number of aryl methyl sites for hydroxylation is 1. The van der Waals surface area contributed by atoms with Gasteiger partial charge in [-0.15, -0.1) is 17.8 Å². The molecule has 0 saturated heterocycles. The maximum Gasteiger partial charge on any atom is 0.342 e. The van der Waals surface area contributed by atoms with Gasteiger partial charge in [0.15, 0.2) is 6.61 Å². The molecule has 1 aromatic heterocycles. The van der Waals surface area contributed by atoms with Crippen LogP contribution in [0.1, 0.15) is 22.2 Å². The van der Waals surface area contributed by atoms with Crippen LogP contribution in [0.5, 0.6) is 0 Å². The van der Waals surface area contributed by atoms with Gasteiger partial charge >= 0.3 is 5.97 Å². The third-order valence-corrected chi connectivity index (χ3v) is 2.78. The highest BCUT2D eigenvalue weighted by molar-refractivity contribution is 7.16. The minimum Gasteiger partial charge on any atom is -0.449 e. The first-order valence-electron chi connectivity index (χ1n) is 4.17. The van der Waals surface area contributed by atoms with E-state index in [1.54, 1.807) is 6.07 Å². The van der Waals surface area contributed by atoms with Crippen molar-refractivity contribution in [2.45, 2.75) is 13.3 Å². The number of thiophene rings is 1. The Labute approximate surface area is 86.9 Å². The van der Waals surface area contributed by atoms with Crippen molar-refractivity contribution in [1.82, 2.24) is 0 Å². The zero-order chi connectivity index (χ0) is 10.6. The molecule has 0 amide bonds. The number of nitrogens with two attached hydrogens (primary N) is 1. The van der Waals surface area contributed by atoms with Crippen molar-refractivity contribution in [3.8, 4) is 12.3 Å². The molecule has 0 saturated carbocycles. The van der Waals surface area contributed by atoms with Crippen LogP contribution in [0.15, 0.2) is 6.07 Å². The van der Waals surface area contributed by atoms with E-state index in [0.29, 0.717) is 10.6 Å². The van der Waals surface area contributed by atoms with Crippen molar-refractivity contribution in [3.05, 3.63) is 16.5 Å². The fourth-order valence-electron chi connectivity index (χ4n) is 0.977. The van der Waals surface area contributed by atoms with E-state index in [0.717, 1.165) is 11.3 Å². The normalized spacial score (nSPS) is 9.43. The van der Waals surface area contributed by atoms with Gasteiger partial charge in [-0.2, -0.15) is 0 Å². The summed E-state index contributed by atoms with van der Waals surface area (Å²) in [5.74, 6) is 1.78. The number of ether oxygens (including phenoxy) is 1. The van der Waals surface area contributed by atoms with Crippen LogP contribution in [0, 0.1) is 12.3 Å². The molecule has 2 N–H and O–H groups in total. The Morgan fingerprint density at radius 3 is 3.00 bits per heavy atom. The summed E-state index contributed by atoms with van der Waals surface area (Å²) in [5, 5.41) is 0.490. The fourth-order valence-corrected chi connectivity index (χ4v) is 1.83. The molecule has 4 heteroatoms. The van der Waals surface area contributed by atoms with Gasteiger partial charge in [0.1, 0.15) is 5.00 Å². The SMILES string of the molecule is C#CCOC(=O)c1cc(CC)sc1N. The van der Waals surface area contributed by atoms with Crippen LogP contribution < -0.4 is 5.73 Å². The maximum atomic E-state index is 11.4. The van der Waals surface area contributed by atoms with Crippen molar-refractivity contribution >= 4 is 22.3 Å². The van der Waals surface area contributed by atoms with E-state index in [1.165, 1.54) is 11.3 Å². The summed E-state index contributed by atoms with van der Waals surface area (Å²) in [4.78, 5) is 12.4. The van der Waals surface area contributed by atoms with Gasteiger partial charge < -0.3 is 10.5 Å². The molecular weight excluding hydrogens is 198 g/mol. The minimum atomic E-state index is -0.448. The quantitative estimate of drug-likeness (QED) is 0.608. The van der Waals surface area contributed by atoms with Crippen LogP contribution >= 0.6 is 11.3 Å². The molecule has 0 radical (unpaired) electrons. The van der Waals surface area contributed by atoms with E-state index >= 15 is 0 Å². The number of hydrogen-bond acceptors (Lipinski definition) is 4. The molecule has 74 valence electrons. The largest absolute Gasteiger partial charge is 0.449 e. The zero-order valence-corrected chi connectivity index (χ0v) is 8.69. The third-order valence-electron chi connectivity index (χ3n) is 1.67. The number of anilines is 1. The van der Waals surface area contributed by atoms with Gasteiger partial charge in [0, 0.05) is 4.88 Å². The van der Waals surface area contributed by atoms with Crippen molar-refractivity contribution < 1.29 is 9.53 Å². The molecule has 0 bridgehead atoms. The first-order valence-corrected chi connectivity index (χ1v) is 4.99. The standard InChI is InChI=1S/C10H11NO2S/c1-3-5-13-10(12)8-6-7(4-2)14-9(8)11/h1,6H,4-5,11H2,2H3. The Hall–Kier alpha value is -1.47. The molecule has 1 heterocycles. The molecule has 0 aliphatic heterocycles. The topological polar surface area (TPSA) is 52.3 Å². The molecule has 0 unspecified atom stereocenters. The lowest BCUT2D eigenvalue weighted by Crippen LogP contribution is -2.06. The van der Waals surface area contributed by atoms with E-state index < -0.39 is 5.97 Å². The smallest absolute Gasteiger partial charge is 0.342 e. The molecule has 14 heavy (non-hydrogen) atoms. The second kappa shape index (κ2) is 4.68. The minimum absolute atomic E-state index is 0.0183. The highest BCUT2D eigenvalue weighted by Gasteiger charge is 2.14. The molecule has 0 aliphatic rings. The number of carbonyl (C=O) groups excluding carboxylic acids is 1. The highest BCUT2D eigenvalue weighted by Crippen LogP contribution is 2.25. The van der Waals surface area contributed by atoms with Gasteiger partial charge in [-0.25, -0.2) is 4.79 Å². The van der Waals surface area contributed by atoms with Crippen molar-refractivity contribution in [1.29, 1.82) is 0 Å². The average molecular weight is 209 g/mol. The summed E-state index contributed by atoms with van der Waals surface area (Å²) < 4.78 is 4.77. The van der Waals surface area contributed by atoms with Crippen LogP contribution in [0.25, 0.3) is 0 Å². The molecular formula is C10H11NO2S. The van der Waals surface area contributed by atoms with E-state index in [9.17, 15) is 4.79 Å². The average Bonchev–Trinajstić information content (AvgIpc) is 2.56. The number of hydrogen-bond donors (Lipinski definition) is 1. The highest BCUT2D eigenvalue weighted by atomic mass is 32.1.